The van der Waals surface area contributed by atoms with E-state index in [4.69, 9.17) is 10.2 Å². The molecule has 3 rings (SSSR count). The number of allylic oxidation sites excluding steroid dienone is 3. The molecule has 0 bridgehead atoms. The van der Waals surface area contributed by atoms with E-state index >= 15 is 0 Å². The number of carbonyl (C=O) groups excluding carboxylic acids is 1. The van der Waals surface area contributed by atoms with E-state index in [1.165, 1.54) is 19.1 Å². The number of anilines is 1. The van der Waals surface area contributed by atoms with Crippen LogP contribution >= 0.6 is 11.3 Å². The zero-order chi connectivity index (χ0) is 22.9. The molecule has 1 aliphatic rings. The molecule has 0 unspecified atom stereocenters. The monoisotopic (exact) mass is 456 g/mol. The van der Waals surface area contributed by atoms with Crippen molar-refractivity contribution in [1.29, 1.82) is 0 Å². The molecule has 1 fully saturated rings. The third-order valence-corrected chi connectivity index (χ3v) is 6.47. The molecule has 3 heterocycles. The number of thiazole rings is 1. The van der Waals surface area contributed by atoms with Gasteiger partial charge in [0.15, 0.2) is 5.69 Å². The maximum atomic E-state index is 12.5. The van der Waals surface area contributed by atoms with Crippen LogP contribution in [0.4, 0.5) is 6.01 Å². The summed E-state index contributed by atoms with van der Waals surface area (Å²) in [5.41, 5.74) is 7.18. The Bertz CT molecular complexity index is 969. The first-order chi connectivity index (χ1) is 15.5. The van der Waals surface area contributed by atoms with Crippen LogP contribution in [0, 0.1) is 5.92 Å². The first-order valence-electron chi connectivity index (χ1n) is 10.9. The number of likely N-dealkylation sites (tertiary alicyclic amines) is 1. The van der Waals surface area contributed by atoms with Gasteiger partial charge in [0.05, 0.1) is 6.54 Å². The van der Waals surface area contributed by atoms with Crippen molar-refractivity contribution in [2.75, 3.05) is 32.4 Å². The summed E-state index contributed by atoms with van der Waals surface area (Å²) in [5, 5.41) is 7.26. The van der Waals surface area contributed by atoms with Crippen LogP contribution in [0.15, 0.2) is 46.9 Å². The molecule has 0 aromatic carbocycles. The summed E-state index contributed by atoms with van der Waals surface area (Å²) in [6.07, 6.45) is 11.9. The number of nitrogens with zero attached hydrogens (tertiary/aromatic N) is 3. The van der Waals surface area contributed by atoms with Crippen molar-refractivity contribution in [2.24, 2.45) is 5.92 Å². The molecule has 1 aliphatic heterocycles. The highest BCUT2D eigenvalue weighted by atomic mass is 32.1. The fourth-order valence-electron chi connectivity index (χ4n) is 3.72. The summed E-state index contributed by atoms with van der Waals surface area (Å²) >= 11 is 1.67. The molecule has 8 nitrogen and oxygen atoms in total. The molecule has 9 heteroatoms. The minimum Gasteiger partial charge on any atom is -0.431 e. The normalized spacial score (nSPS) is 16.3. The predicted octanol–water partition coefficient (Wildman–Crippen LogP) is 3.44. The van der Waals surface area contributed by atoms with Gasteiger partial charge in [0.25, 0.3) is 11.9 Å². The number of piperidine rings is 1. The molecule has 32 heavy (non-hydrogen) atoms. The second kappa shape index (κ2) is 11.8. The Morgan fingerprint density at radius 2 is 2.22 bits per heavy atom. The van der Waals surface area contributed by atoms with E-state index in [1.54, 1.807) is 17.4 Å². The Morgan fingerprint density at radius 1 is 1.44 bits per heavy atom. The minimum absolute atomic E-state index is 0.0425. The van der Waals surface area contributed by atoms with Gasteiger partial charge in [0.2, 0.25) is 0 Å². The zero-order valence-corrected chi connectivity index (χ0v) is 19.6. The van der Waals surface area contributed by atoms with Crippen molar-refractivity contribution in [3.8, 4) is 0 Å². The van der Waals surface area contributed by atoms with Crippen LogP contribution in [0.2, 0.25) is 0 Å². The average Bonchev–Trinajstić information content (AvgIpc) is 3.43. The second-order valence-electron chi connectivity index (χ2n) is 7.79. The van der Waals surface area contributed by atoms with Crippen LogP contribution < -0.4 is 16.4 Å². The maximum absolute atomic E-state index is 12.5. The Morgan fingerprint density at radius 3 is 2.84 bits per heavy atom. The fraction of sp³-hybridized carbons (Fsp3) is 0.435. The van der Waals surface area contributed by atoms with Crippen LogP contribution in [0.3, 0.4) is 0 Å². The first kappa shape index (κ1) is 23.9. The first-order valence-corrected chi connectivity index (χ1v) is 11.7. The quantitative estimate of drug-likeness (QED) is 0.470. The minimum atomic E-state index is -0.385. The Hall–Kier alpha value is -2.75. The topological polar surface area (TPSA) is 109 Å². The van der Waals surface area contributed by atoms with Gasteiger partial charge in [-0.05, 0) is 69.6 Å². The van der Waals surface area contributed by atoms with Gasteiger partial charge >= 0.3 is 0 Å². The Labute approximate surface area is 193 Å². The van der Waals surface area contributed by atoms with E-state index < -0.39 is 0 Å². The van der Waals surface area contributed by atoms with Gasteiger partial charge < -0.3 is 20.8 Å². The lowest BCUT2D eigenvalue weighted by molar-refractivity contribution is 0.0962. The van der Waals surface area contributed by atoms with Crippen molar-refractivity contribution in [1.82, 2.24) is 25.5 Å². The number of nitrogens with one attached hydrogen (secondary N) is 2. The number of amides is 1. The molecule has 172 valence electrons. The lowest BCUT2D eigenvalue weighted by atomic mass is 9.97. The molecule has 2 aromatic rings. The highest BCUT2D eigenvalue weighted by molar-refractivity contribution is 7.12. The van der Waals surface area contributed by atoms with Crippen LogP contribution in [-0.4, -0.2) is 47.5 Å². The summed E-state index contributed by atoms with van der Waals surface area (Å²) < 4.78 is 4.93. The third kappa shape index (κ3) is 6.62. The van der Waals surface area contributed by atoms with Gasteiger partial charge in [0, 0.05) is 16.8 Å². The molecule has 0 radical (unpaired) electrons. The number of oxazole rings is 1. The highest BCUT2D eigenvalue weighted by Gasteiger charge is 2.19. The molecule has 1 saturated heterocycles. The number of nitrogens with two attached hydrogens (primary N) is 1. The maximum Gasteiger partial charge on any atom is 0.292 e. The van der Waals surface area contributed by atoms with Gasteiger partial charge in [-0.2, -0.15) is 4.98 Å². The fourth-order valence-corrected chi connectivity index (χ4v) is 4.59. The lowest BCUT2D eigenvalue weighted by Gasteiger charge is -2.31. The van der Waals surface area contributed by atoms with E-state index in [-0.39, 0.29) is 17.6 Å². The average molecular weight is 457 g/mol. The SMILES string of the molecule is C=C/C(CC)=C(\C=C\c1cnc(CN2CCC(CNC)CC2)s1)NC(=O)c1coc(N)n1. The Balaban J connectivity index is 1.63. The number of nitrogen functional groups attached to an aromatic ring is 1. The predicted molar refractivity (Wildman–Crippen MR) is 129 cm³/mol. The summed E-state index contributed by atoms with van der Waals surface area (Å²) in [5.74, 6) is 0.391. The standard InChI is InChI=1S/C23H32N6O2S/c1-4-17(5-2)19(27-22(30)20-15-31-23(24)28-20)7-6-18-13-26-21(32-18)14-29-10-8-16(9-11-29)12-25-3/h4,6-7,13,15-16,25H,1,5,8-12,14H2,2-3H3,(H2,24,28)(H,27,30)/b7-6+,19-17-. The molecule has 1 amide bonds. The van der Waals surface area contributed by atoms with E-state index in [9.17, 15) is 4.79 Å². The lowest BCUT2D eigenvalue weighted by Crippen LogP contribution is -2.36. The van der Waals surface area contributed by atoms with Crippen molar-refractivity contribution >= 4 is 29.3 Å². The zero-order valence-electron chi connectivity index (χ0n) is 18.8. The van der Waals surface area contributed by atoms with E-state index in [2.05, 4.69) is 32.1 Å². The summed E-state index contributed by atoms with van der Waals surface area (Å²) in [6, 6.07) is -0.0425. The molecular weight excluding hydrogens is 424 g/mol. The molecule has 0 saturated carbocycles. The van der Waals surface area contributed by atoms with Gasteiger partial charge in [-0.25, -0.2) is 4.98 Å². The molecule has 0 spiro atoms. The smallest absolute Gasteiger partial charge is 0.292 e. The van der Waals surface area contributed by atoms with Gasteiger partial charge in [-0.15, -0.1) is 11.3 Å². The molecule has 2 aromatic heterocycles. The summed E-state index contributed by atoms with van der Waals surface area (Å²) in [4.78, 5) is 24.5. The van der Waals surface area contributed by atoms with Crippen molar-refractivity contribution in [2.45, 2.75) is 32.7 Å². The Kier molecular flexibility index (Phi) is 8.78. The number of hydrogen-bond donors (Lipinski definition) is 3. The second-order valence-corrected chi connectivity index (χ2v) is 8.94. The van der Waals surface area contributed by atoms with Gasteiger partial charge in [-0.3, -0.25) is 9.69 Å². The number of aromatic nitrogens is 2. The van der Waals surface area contributed by atoms with Crippen LogP contribution in [-0.2, 0) is 6.54 Å². The molecule has 0 atom stereocenters. The van der Waals surface area contributed by atoms with Gasteiger partial charge in [-0.1, -0.05) is 19.6 Å². The molecular formula is C23H32N6O2S. The van der Waals surface area contributed by atoms with E-state index in [1.807, 2.05) is 32.3 Å². The third-order valence-electron chi connectivity index (χ3n) is 5.52. The van der Waals surface area contributed by atoms with Crippen molar-refractivity contribution in [3.05, 3.63) is 58.0 Å². The van der Waals surface area contributed by atoms with Crippen LogP contribution in [0.25, 0.3) is 6.08 Å². The van der Waals surface area contributed by atoms with E-state index in [0.29, 0.717) is 5.70 Å². The summed E-state index contributed by atoms with van der Waals surface area (Å²) in [6.45, 7) is 10.1. The number of carbonyl (C=O) groups is 1. The van der Waals surface area contributed by atoms with Gasteiger partial charge in [0.1, 0.15) is 11.3 Å². The van der Waals surface area contributed by atoms with E-state index in [0.717, 1.165) is 54.0 Å². The van der Waals surface area contributed by atoms with Crippen LogP contribution in [0.5, 0.6) is 0 Å². The van der Waals surface area contributed by atoms with Crippen molar-refractivity contribution in [3.63, 3.8) is 0 Å². The highest BCUT2D eigenvalue weighted by Crippen LogP contribution is 2.22. The number of rotatable bonds is 10. The van der Waals surface area contributed by atoms with Crippen LogP contribution in [0.1, 0.15) is 46.6 Å². The molecule has 0 aliphatic carbocycles. The number of hydrogen-bond acceptors (Lipinski definition) is 8. The largest absolute Gasteiger partial charge is 0.431 e. The van der Waals surface area contributed by atoms with Crippen molar-refractivity contribution < 1.29 is 9.21 Å². The summed E-state index contributed by atoms with van der Waals surface area (Å²) in [7, 11) is 2.02. The molecule has 4 N–H and O–H groups in total.